The van der Waals surface area contributed by atoms with Crippen LogP contribution in [-0.4, -0.2) is 52.1 Å². The Morgan fingerprint density at radius 2 is 1.81 bits per heavy atom. The predicted molar refractivity (Wildman–Crippen MR) is 103 cm³/mol. The lowest BCUT2D eigenvalue weighted by molar-refractivity contribution is -0.335. The molecule has 1 aromatic heterocycles. The fraction of sp³-hybridized carbons (Fsp3) is 0.211. The number of hydrogen-bond acceptors (Lipinski definition) is 3. The van der Waals surface area contributed by atoms with Crippen molar-refractivity contribution in [3.8, 4) is 0 Å². The van der Waals surface area contributed by atoms with Gasteiger partial charge >= 0.3 is 7.40 Å². The molecule has 12 heteroatoms. The van der Waals surface area contributed by atoms with E-state index in [0.29, 0.717) is 4.49 Å². The maximum Gasteiger partial charge on any atom is 0.934 e. The lowest BCUT2D eigenvalue weighted by Gasteiger charge is -2.17. The van der Waals surface area contributed by atoms with Gasteiger partial charge in [0.15, 0.2) is 29.0 Å². The van der Waals surface area contributed by atoms with E-state index in [9.17, 15) is 22.5 Å². The second-order valence-electron chi connectivity index (χ2n) is 6.68. The number of aliphatic hydroxyl groups is 2. The van der Waals surface area contributed by atoms with Gasteiger partial charge in [0.2, 0.25) is 0 Å². The van der Waals surface area contributed by atoms with Gasteiger partial charge in [0.25, 0.3) is 0 Å². The highest BCUT2D eigenvalue weighted by Gasteiger charge is 2.42. The van der Waals surface area contributed by atoms with Crippen LogP contribution in [-0.2, 0) is 7.05 Å². The fourth-order valence-electron chi connectivity index (χ4n) is 3.17. The Labute approximate surface area is 173 Å². The number of halogens is 6. The quantitative estimate of drug-likeness (QED) is 0.350. The first-order chi connectivity index (χ1) is 14.7. The Morgan fingerprint density at radius 1 is 1.16 bits per heavy atom. The van der Waals surface area contributed by atoms with E-state index in [0.717, 1.165) is 12.3 Å². The number of nitrogens with zero attached hydrogens (tertiary/aromatic N) is 2. The molecule has 2 heterocycles. The summed E-state index contributed by atoms with van der Waals surface area (Å²) in [4.78, 5) is 0. The Hall–Kier alpha value is -2.99. The van der Waals surface area contributed by atoms with Gasteiger partial charge in [-0.3, -0.25) is 0 Å². The second kappa shape index (κ2) is 9.02. The van der Waals surface area contributed by atoms with Crippen molar-refractivity contribution in [3.05, 3.63) is 70.7 Å². The van der Waals surface area contributed by atoms with Crippen LogP contribution >= 0.6 is 0 Å². The van der Waals surface area contributed by atoms with Gasteiger partial charge in [-0.05, 0) is 12.1 Å². The van der Waals surface area contributed by atoms with Gasteiger partial charge in [0.1, 0.15) is 11.9 Å². The van der Waals surface area contributed by atoms with Crippen LogP contribution in [0.4, 0.5) is 31.9 Å². The third-order valence-corrected chi connectivity index (χ3v) is 4.68. The first-order valence-electron chi connectivity index (χ1n) is 9.02. The summed E-state index contributed by atoms with van der Waals surface area (Å²) >= 11 is 0. The summed E-state index contributed by atoms with van der Waals surface area (Å²) in [7, 11) is -1.61. The Kier molecular flexibility index (Phi) is 6.61. The van der Waals surface area contributed by atoms with Crippen LogP contribution in [0.15, 0.2) is 36.2 Å². The van der Waals surface area contributed by atoms with Crippen molar-refractivity contribution in [2.24, 2.45) is 7.05 Å². The van der Waals surface area contributed by atoms with Crippen molar-refractivity contribution in [2.75, 3.05) is 18.5 Å². The molecule has 3 N–H and O–H groups in total. The molecule has 0 bridgehead atoms. The molecule has 0 radical (unpaired) electrons. The second-order valence-corrected chi connectivity index (χ2v) is 6.68. The van der Waals surface area contributed by atoms with Crippen molar-refractivity contribution in [1.82, 2.24) is 4.57 Å². The van der Waals surface area contributed by atoms with E-state index < -0.39 is 66.8 Å². The molecule has 164 valence electrons. The lowest BCUT2D eigenvalue weighted by Crippen LogP contribution is -2.25. The number of anilines is 1. The van der Waals surface area contributed by atoms with Gasteiger partial charge in [-0.1, -0.05) is 0 Å². The smallest absolute Gasteiger partial charge is 0.394 e. The van der Waals surface area contributed by atoms with Crippen LogP contribution in [0.2, 0.25) is 0 Å². The number of allylic oxidation sites excluding steroid dienone is 2. The molecule has 0 amide bonds. The molecule has 0 fully saturated rings. The summed E-state index contributed by atoms with van der Waals surface area (Å²) in [5.41, 5.74) is -3.15. The van der Waals surface area contributed by atoms with Crippen LogP contribution in [0, 0.1) is 23.3 Å². The molecule has 31 heavy (non-hydrogen) atoms. The molecule has 0 saturated heterocycles. The van der Waals surface area contributed by atoms with Gasteiger partial charge in [-0.15, -0.1) is 0 Å². The molecule has 0 aliphatic carbocycles. The summed E-state index contributed by atoms with van der Waals surface area (Å²) in [6.07, 6.45) is 3.35. The maximum atomic E-state index is 15.0. The first-order valence-corrected chi connectivity index (χ1v) is 9.02. The van der Waals surface area contributed by atoms with E-state index in [-0.39, 0.29) is 11.4 Å². The third kappa shape index (κ3) is 4.13. The SMILES string of the molecule is Cn1cccc1/C(=C1/C=CC=[N+]1B(F)F)c1c(F)c(F)c(NC[C@@H](O)CO)c(F)c1F. The first kappa shape index (κ1) is 22.7. The molecule has 1 aliphatic heterocycles. The summed E-state index contributed by atoms with van der Waals surface area (Å²) in [6.45, 7) is -1.35. The van der Waals surface area contributed by atoms with Gasteiger partial charge < -0.3 is 20.1 Å². The van der Waals surface area contributed by atoms with Crippen molar-refractivity contribution >= 4 is 24.9 Å². The highest BCUT2D eigenvalue weighted by molar-refractivity contribution is 6.34. The number of hydrogen-bond donors (Lipinski definition) is 3. The number of aromatic nitrogens is 1. The molecule has 0 spiro atoms. The zero-order valence-electron chi connectivity index (χ0n) is 16.1. The van der Waals surface area contributed by atoms with Crippen LogP contribution in [0.1, 0.15) is 11.3 Å². The average Bonchev–Trinajstić information content (AvgIpc) is 3.38. The molecule has 3 rings (SSSR count). The molecule has 5 nitrogen and oxygen atoms in total. The Morgan fingerprint density at radius 3 is 2.32 bits per heavy atom. The fourth-order valence-corrected chi connectivity index (χ4v) is 3.17. The molecule has 0 unspecified atom stereocenters. The topological polar surface area (TPSA) is 60.4 Å². The van der Waals surface area contributed by atoms with E-state index in [1.54, 1.807) is 0 Å². The number of aliphatic hydroxyl groups excluding tert-OH is 2. The van der Waals surface area contributed by atoms with Gasteiger partial charge in [-0.2, -0.15) is 0 Å². The Bertz CT molecular complexity index is 1070. The van der Waals surface area contributed by atoms with Crippen LogP contribution in [0.3, 0.4) is 0 Å². The van der Waals surface area contributed by atoms with Crippen molar-refractivity contribution in [2.45, 2.75) is 6.10 Å². The van der Waals surface area contributed by atoms with Gasteiger partial charge in [-0.25, -0.2) is 30.7 Å². The normalized spacial score (nSPS) is 15.8. The predicted octanol–water partition coefficient (Wildman–Crippen LogP) is 2.68. The van der Waals surface area contributed by atoms with E-state index in [2.05, 4.69) is 0 Å². The Balaban J connectivity index is 2.28. The van der Waals surface area contributed by atoms with Crippen LogP contribution < -0.4 is 5.32 Å². The molecular weight excluding hydrogens is 427 g/mol. The van der Waals surface area contributed by atoms with Crippen molar-refractivity contribution in [1.29, 1.82) is 0 Å². The molecular formula is C19H17BF6N3O2+. The van der Waals surface area contributed by atoms with Gasteiger partial charge in [0.05, 0.1) is 29.5 Å². The summed E-state index contributed by atoms with van der Waals surface area (Å²) in [6, 6.07) is 2.83. The van der Waals surface area contributed by atoms with E-state index in [1.807, 2.05) is 5.32 Å². The van der Waals surface area contributed by atoms with E-state index >= 15 is 8.78 Å². The highest BCUT2D eigenvalue weighted by Crippen LogP contribution is 2.38. The number of rotatable bonds is 7. The molecule has 2 aromatic rings. The zero-order chi connectivity index (χ0) is 22.9. The summed E-state index contributed by atoms with van der Waals surface area (Å²) < 4.78 is 88.2. The minimum absolute atomic E-state index is 0.0358. The molecule has 0 saturated carbocycles. The third-order valence-electron chi connectivity index (χ3n) is 4.68. The average molecular weight is 444 g/mol. The maximum absolute atomic E-state index is 15.0. The van der Waals surface area contributed by atoms with Crippen LogP contribution in [0.5, 0.6) is 0 Å². The monoisotopic (exact) mass is 444 g/mol. The van der Waals surface area contributed by atoms with E-state index in [4.69, 9.17) is 5.11 Å². The van der Waals surface area contributed by atoms with Crippen molar-refractivity contribution in [3.63, 3.8) is 0 Å². The minimum atomic E-state index is -3.08. The summed E-state index contributed by atoms with van der Waals surface area (Å²) in [5, 5.41) is 20.1. The highest BCUT2D eigenvalue weighted by atomic mass is 19.2. The van der Waals surface area contributed by atoms with Crippen LogP contribution in [0.25, 0.3) is 5.57 Å². The molecule has 1 aromatic carbocycles. The zero-order valence-corrected chi connectivity index (χ0v) is 16.1. The number of benzene rings is 1. The van der Waals surface area contributed by atoms with E-state index in [1.165, 1.54) is 36.0 Å². The molecule has 1 atom stereocenters. The van der Waals surface area contributed by atoms with Crippen molar-refractivity contribution < 1.29 is 40.9 Å². The minimum Gasteiger partial charge on any atom is -0.394 e. The standard InChI is InChI=1S/C19H16BF6N3O2/c1-28-6-2-4-11(28)13(12-5-3-7-29(12)20(25)26)14-15(21)17(23)19(18(24)16(14)22)27-8-10(31)9-30/h2-7,10,30-31H,8-9H2,1H3/p+1/t10-/m1/s1. The van der Waals surface area contributed by atoms with Gasteiger partial charge in [0, 0.05) is 31.9 Å². The number of nitrogens with one attached hydrogen (secondary N) is 1. The molecule has 1 aliphatic rings. The lowest BCUT2D eigenvalue weighted by atomic mass is 9.96. The summed E-state index contributed by atoms with van der Waals surface area (Å²) in [5.74, 6) is -7.22. The largest absolute Gasteiger partial charge is 0.934 e. The number of aryl methyl sites for hydroxylation is 1.